The van der Waals surface area contributed by atoms with Gasteiger partial charge in [-0.1, -0.05) is 12.1 Å². The van der Waals surface area contributed by atoms with E-state index in [9.17, 15) is 4.79 Å². The highest BCUT2D eigenvalue weighted by Crippen LogP contribution is 2.23. The first-order valence-electron chi connectivity index (χ1n) is 9.96. The molecule has 0 saturated carbocycles. The molecule has 4 aromatic rings. The van der Waals surface area contributed by atoms with E-state index in [1.165, 1.54) is 5.56 Å². The molecule has 6 nitrogen and oxygen atoms in total. The second-order valence-corrected chi connectivity index (χ2v) is 9.00. The summed E-state index contributed by atoms with van der Waals surface area (Å²) in [5.74, 6) is 2.40. The molecule has 0 aliphatic rings. The van der Waals surface area contributed by atoms with E-state index in [0.29, 0.717) is 5.56 Å². The maximum atomic E-state index is 12.9. The lowest BCUT2D eigenvalue weighted by Crippen LogP contribution is -2.30. The molecule has 1 aromatic carbocycles. The van der Waals surface area contributed by atoms with Crippen LogP contribution in [0.5, 0.6) is 0 Å². The van der Waals surface area contributed by atoms with Gasteiger partial charge >= 0.3 is 0 Å². The Labute approximate surface area is 189 Å². The van der Waals surface area contributed by atoms with Crippen molar-refractivity contribution in [2.75, 3.05) is 12.0 Å². The largest absolute Gasteiger partial charge is 0.342 e. The summed E-state index contributed by atoms with van der Waals surface area (Å²) in [7, 11) is 0. The van der Waals surface area contributed by atoms with Gasteiger partial charge in [-0.25, -0.2) is 0 Å². The lowest BCUT2D eigenvalue weighted by Gasteiger charge is -2.17. The lowest BCUT2D eigenvalue weighted by atomic mass is 10.1. The number of aromatic nitrogens is 4. The van der Waals surface area contributed by atoms with Crippen LogP contribution in [-0.2, 0) is 5.75 Å². The van der Waals surface area contributed by atoms with Gasteiger partial charge in [0.1, 0.15) is 0 Å². The second kappa shape index (κ2) is 10.5. The zero-order valence-corrected chi connectivity index (χ0v) is 18.8. The average molecular weight is 450 g/mol. The van der Waals surface area contributed by atoms with Crippen LogP contribution in [0.2, 0.25) is 0 Å². The smallest absolute Gasteiger partial charge is 0.251 e. The first-order chi connectivity index (χ1) is 15.2. The van der Waals surface area contributed by atoms with Crippen LogP contribution >= 0.6 is 23.5 Å². The highest BCUT2D eigenvalue weighted by Gasteiger charge is 2.20. The van der Waals surface area contributed by atoms with Gasteiger partial charge in [-0.15, -0.1) is 22.0 Å². The van der Waals surface area contributed by atoms with E-state index in [1.54, 1.807) is 29.7 Å². The third kappa shape index (κ3) is 5.45. The van der Waals surface area contributed by atoms with Crippen LogP contribution in [0.15, 0.2) is 78.1 Å². The Morgan fingerprint density at radius 1 is 1.10 bits per heavy atom. The van der Waals surface area contributed by atoms with Crippen LogP contribution in [0.3, 0.4) is 0 Å². The van der Waals surface area contributed by atoms with Gasteiger partial charge in [0.25, 0.3) is 5.91 Å². The predicted octanol–water partition coefficient (Wildman–Crippen LogP) is 4.64. The molecule has 0 radical (unpaired) electrons. The van der Waals surface area contributed by atoms with Crippen molar-refractivity contribution in [3.8, 4) is 0 Å². The van der Waals surface area contributed by atoms with Gasteiger partial charge in [0.05, 0.1) is 6.04 Å². The molecule has 0 fully saturated rings. The number of hydrogen-bond acceptors (Lipinski definition) is 6. The van der Waals surface area contributed by atoms with Gasteiger partial charge in [0, 0.05) is 34.8 Å². The molecule has 8 heteroatoms. The molecule has 3 heterocycles. The van der Waals surface area contributed by atoms with E-state index >= 15 is 0 Å². The molecule has 31 heavy (non-hydrogen) atoms. The van der Waals surface area contributed by atoms with Crippen LogP contribution < -0.4 is 5.32 Å². The van der Waals surface area contributed by atoms with Crippen molar-refractivity contribution in [1.29, 1.82) is 0 Å². The number of amides is 1. The number of rotatable bonds is 9. The first kappa shape index (κ1) is 21.4. The predicted molar refractivity (Wildman–Crippen MR) is 126 cm³/mol. The molecular formula is C23H23N5OS2. The number of thioether (sulfide) groups is 2. The van der Waals surface area contributed by atoms with E-state index in [4.69, 9.17) is 0 Å². The van der Waals surface area contributed by atoms with E-state index in [-0.39, 0.29) is 11.9 Å². The van der Waals surface area contributed by atoms with E-state index in [0.717, 1.165) is 34.3 Å². The molecule has 0 bridgehead atoms. The Balaban J connectivity index is 1.44. The van der Waals surface area contributed by atoms with Crippen molar-refractivity contribution in [2.45, 2.75) is 23.1 Å². The van der Waals surface area contributed by atoms with Crippen LogP contribution in [-0.4, -0.2) is 37.5 Å². The topological polar surface area (TPSA) is 72.2 Å². The number of hydrogen-bond donors (Lipinski definition) is 1. The molecule has 0 saturated heterocycles. The quantitative estimate of drug-likeness (QED) is 0.375. The van der Waals surface area contributed by atoms with Gasteiger partial charge in [-0.05, 0) is 66.5 Å². The molecule has 1 N–H and O–H groups in total. The Hall–Kier alpha value is -2.84. The number of carbonyl (C=O) groups excluding carboxylic acids is 1. The van der Waals surface area contributed by atoms with Crippen molar-refractivity contribution < 1.29 is 4.79 Å². The Bertz CT molecular complexity index is 1130. The Morgan fingerprint density at radius 2 is 1.97 bits per heavy atom. The fourth-order valence-corrected chi connectivity index (χ4v) is 4.50. The van der Waals surface area contributed by atoms with Gasteiger partial charge < -0.3 is 5.32 Å². The van der Waals surface area contributed by atoms with Crippen molar-refractivity contribution in [1.82, 2.24) is 24.9 Å². The Kier molecular flexibility index (Phi) is 7.22. The molecular weight excluding hydrogens is 426 g/mol. The molecule has 3 aromatic heterocycles. The minimum Gasteiger partial charge on any atom is -0.342 e. The zero-order valence-electron chi connectivity index (χ0n) is 17.1. The third-order valence-corrected chi connectivity index (χ3v) is 6.54. The van der Waals surface area contributed by atoms with Crippen LogP contribution in [0.4, 0.5) is 0 Å². The summed E-state index contributed by atoms with van der Waals surface area (Å²) >= 11 is 3.47. The monoisotopic (exact) mass is 449 g/mol. The molecule has 0 aliphatic heterocycles. The first-order valence-corrected chi connectivity index (χ1v) is 12.3. The summed E-state index contributed by atoms with van der Waals surface area (Å²) in [4.78, 5) is 18.2. The van der Waals surface area contributed by atoms with Crippen molar-refractivity contribution in [3.05, 3.63) is 90.1 Å². The van der Waals surface area contributed by atoms with Crippen LogP contribution in [0.1, 0.15) is 34.2 Å². The maximum Gasteiger partial charge on any atom is 0.251 e. The molecule has 0 aliphatic carbocycles. The fourth-order valence-electron chi connectivity index (χ4n) is 3.19. The highest BCUT2D eigenvalue weighted by molar-refractivity contribution is 7.98. The SMILES string of the molecule is CSCCC(NC(=O)c1ccc(SCc2cccnc2)cc1)c1nnc2ccccn12. The molecule has 1 atom stereocenters. The van der Waals surface area contributed by atoms with Crippen LogP contribution in [0.25, 0.3) is 5.65 Å². The van der Waals surface area contributed by atoms with Gasteiger partial charge in [0.15, 0.2) is 11.5 Å². The number of fused-ring (bicyclic) bond motifs is 1. The third-order valence-electron chi connectivity index (χ3n) is 4.81. The van der Waals surface area contributed by atoms with Gasteiger partial charge in [-0.2, -0.15) is 11.8 Å². The van der Waals surface area contributed by atoms with Crippen molar-refractivity contribution >= 4 is 35.1 Å². The van der Waals surface area contributed by atoms with Crippen molar-refractivity contribution in [3.63, 3.8) is 0 Å². The molecule has 1 unspecified atom stereocenters. The summed E-state index contributed by atoms with van der Waals surface area (Å²) in [6.45, 7) is 0. The molecule has 0 spiro atoms. The van der Waals surface area contributed by atoms with Gasteiger partial charge in [-0.3, -0.25) is 14.2 Å². The minimum absolute atomic E-state index is 0.109. The van der Waals surface area contributed by atoms with E-state index in [1.807, 2.05) is 65.3 Å². The summed E-state index contributed by atoms with van der Waals surface area (Å²) in [5.41, 5.74) is 2.58. The summed E-state index contributed by atoms with van der Waals surface area (Å²) < 4.78 is 1.93. The number of carbonyl (C=O) groups is 1. The average Bonchev–Trinajstić information content (AvgIpc) is 3.25. The Morgan fingerprint density at radius 3 is 2.74 bits per heavy atom. The normalized spacial score (nSPS) is 12.0. The summed E-state index contributed by atoms with van der Waals surface area (Å²) in [5, 5.41) is 11.7. The van der Waals surface area contributed by atoms with Crippen LogP contribution in [0, 0.1) is 0 Å². The van der Waals surface area contributed by atoms with Crippen molar-refractivity contribution in [2.24, 2.45) is 0 Å². The summed E-state index contributed by atoms with van der Waals surface area (Å²) in [6.07, 6.45) is 8.41. The second-order valence-electron chi connectivity index (χ2n) is 6.97. The highest BCUT2D eigenvalue weighted by atomic mass is 32.2. The number of pyridine rings is 2. The fraction of sp³-hybridized carbons (Fsp3) is 0.217. The minimum atomic E-state index is -0.211. The maximum absolute atomic E-state index is 12.9. The summed E-state index contributed by atoms with van der Waals surface area (Å²) in [6, 6.07) is 17.3. The lowest BCUT2D eigenvalue weighted by molar-refractivity contribution is 0.0933. The molecule has 1 amide bonds. The number of nitrogens with zero attached hydrogens (tertiary/aromatic N) is 4. The van der Waals surface area contributed by atoms with E-state index in [2.05, 4.69) is 32.8 Å². The standard InChI is InChI=1S/C23H23N5OS2/c1-30-14-11-20(22-27-26-21-6-2-3-13-28(21)22)25-23(29)18-7-9-19(10-8-18)31-16-17-5-4-12-24-15-17/h2-10,12-13,15,20H,11,14,16H2,1H3,(H,25,29). The van der Waals surface area contributed by atoms with Gasteiger partial charge in [0.2, 0.25) is 0 Å². The molecule has 158 valence electrons. The number of nitrogens with one attached hydrogen (secondary N) is 1. The number of benzene rings is 1. The molecule has 4 rings (SSSR count). The zero-order chi connectivity index (χ0) is 21.5. The van der Waals surface area contributed by atoms with E-state index < -0.39 is 0 Å².